The summed E-state index contributed by atoms with van der Waals surface area (Å²) < 4.78 is 64.1. The van der Waals surface area contributed by atoms with E-state index in [0.29, 0.717) is 114 Å². The van der Waals surface area contributed by atoms with Gasteiger partial charge in [0.1, 0.15) is 49.4 Å². The summed E-state index contributed by atoms with van der Waals surface area (Å²) in [4.78, 5) is 42.2. The van der Waals surface area contributed by atoms with Crippen molar-refractivity contribution in [2.45, 2.75) is 51.7 Å². The van der Waals surface area contributed by atoms with Crippen LogP contribution < -0.4 is 49.7 Å². The van der Waals surface area contributed by atoms with Gasteiger partial charge in [-0.15, -0.1) is 0 Å². The quantitative estimate of drug-likeness (QED) is 0.0864. The highest BCUT2D eigenvalue weighted by Gasteiger charge is 2.35. The number of ether oxygens (including phenoxy) is 6. The molecule has 8 bridgehead atoms. The van der Waals surface area contributed by atoms with Crippen LogP contribution in [0, 0.1) is 11.6 Å². The second-order valence-corrected chi connectivity index (χ2v) is 18.7. The van der Waals surface area contributed by atoms with Crippen molar-refractivity contribution in [1.82, 2.24) is 30.6 Å². The Morgan fingerprint density at radius 1 is 0.562 bits per heavy atom. The molecule has 5 aliphatic rings. The second-order valence-electron chi connectivity index (χ2n) is 18.7. The van der Waals surface area contributed by atoms with Crippen LogP contribution in [-0.2, 0) is 13.2 Å². The van der Waals surface area contributed by atoms with Gasteiger partial charge < -0.3 is 59.7 Å². The number of hydrogen-bond acceptors (Lipinski definition) is 12. The third-order valence-electron chi connectivity index (χ3n) is 13.8. The number of carbonyl (C=O) groups excluding carboxylic acids is 2. The molecule has 2 unspecified atom stereocenters. The van der Waals surface area contributed by atoms with Crippen molar-refractivity contribution in [3.05, 3.63) is 191 Å². The third kappa shape index (κ3) is 11.5. The lowest BCUT2D eigenvalue weighted by molar-refractivity contribution is 0.0932. The number of para-hydroxylation sites is 2. The summed E-state index contributed by atoms with van der Waals surface area (Å²) in [6.07, 6.45) is 16.1. The topological polar surface area (TPSA) is 195 Å². The second kappa shape index (κ2) is 24.8. The van der Waals surface area contributed by atoms with E-state index in [2.05, 4.69) is 53.4 Å². The summed E-state index contributed by atoms with van der Waals surface area (Å²) in [6.45, 7) is 6.40. The number of pyridine rings is 2. The van der Waals surface area contributed by atoms with E-state index in [0.717, 1.165) is 34.0 Å². The molecule has 6 N–H and O–H groups in total. The van der Waals surface area contributed by atoms with E-state index in [1.54, 1.807) is 49.1 Å². The van der Waals surface area contributed by atoms with Gasteiger partial charge in [0.05, 0.1) is 71.9 Å². The highest BCUT2D eigenvalue weighted by atomic mass is 19.1. The molecule has 0 saturated heterocycles. The standard InChI is InChI=1S/2C30H27FN4O4.C2H6/c1-37-29-22(31)9-5-10-23(29)34-28-25-26-19(15-33-30(25)36)7-2-3-13-38-20-8-4-6-18(14-20)17-39-24-16-32-12-11-21(24)27(28)35-26;1-37-29-22(31)6-4-7-23(29)34-28-25-26-19(15-33-30(25)36)5-2-3-14-38-20-10-8-18(9-11-20)17-39-24-16-32-13-12-21(24)27(28)35-26;1-2/h2-6,8-12,14,16,19,34-35H,7,13,15,17H2,1H3,(H,33,36);2-4,6-13,16,19,34-35H,5,14-15,17H2,1H3,(H,33,36);1-2H3/b2*3-2+;. The molecule has 4 aromatic carbocycles. The Bertz CT molecular complexity index is 3520. The van der Waals surface area contributed by atoms with Gasteiger partial charge in [0.25, 0.3) is 11.8 Å². The van der Waals surface area contributed by atoms with Gasteiger partial charge >= 0.3 is 0 Å². The van der Waals surface area contributed by atoms with E-state index < -0.39 is 11.6 Å². The lowest BCUT2D eigenvalue weighted by atomic mass is 9.93. The molecule has 18 heteroatoms. The van der Waals surface area contributed by atoms with E-state index in [4.69, 9.17) is 28.4 Å². The van der Waals surface area contributed by atoms with Crippen molar-refractivity contribution in [2.75, 3.05) is 51.2 Å². The number of H-pyrrole nitrogens is 2. The summed E-state index contributed by atoms with van der Waals surface area (Å²) in [6, 6.07) is 28.4. The molecular formula is C62H60F2N8O8. The summed E-state index contributed by atoms with van der Waals surface area (Å²) in [7, 11) is 2.82. The van der Waals surface area contributed by atoms with Crippen molar-refractivity contribution < 1.29 is 46.8 Å². The van der Waals surface area contributed by atoms with Gasteiger partial charge in [0.2, 0.25) is 0 Å². The average molecular weight is 1080 g/mol. The van der Waals surface area contributed by atoms with Crippen LogP contribution in [0.1, 0.15) is 81.8 Å². The monoisotopic (exact) mass is 1080 g/mol. The first-order valence-corrected chi connectivity index (χ1v) is 26.4. The molecule has 80 heavy (non-hydrogen) atoms. The van der Waals surface area contributed by atoms with Gasteiger partial charge in [-0.2, -0.15) is 0 Å². The molecule has 0 saturated carbocycles. The molecule has 2 amide bonds. The van der Waals surface area contributed by atoms with Crippen LogP contribution in [-0.4, -0.2) is 72.3 Å². The number of benzene rings is 4. The van der Waals surface area contributed by atoms with Gasteiger partial charge in [0, 0.05) is 59.8 Å². The number of carbonyl (C=O) groups is 2. The Labute approximate surface area is 461 Å². The fraction of sp³-hybridized carbons (Fsp3) is 0.226. The average Bonchev–Trinajstić information content (AvgIpc) is 4.22. The van der Waals surface area contributed by atoms with E-state index in [1.807, 2.05) is 86.7 Å². The molecular weight excluding hydrogens is 1020 g/mol. The van der Waals surface area contributed by atoms with E-state index in [-0.39, 0.29) is 41.8 Å². The zero-order valence-electron chi connectivity index (χ0n) is 44.6. The molecule has 16 nitrogen and oxygen atoms in total. The van der Waals surface area contributed by atoms with Crippen molar-refractivity contribution in [3.63, 3.8) is 0 Å². The number of allylic oxidation sites excluding steroid dienone is 2. The van der Waals surface area contributed by atoms with Crippen LogP contribution in [0.3, 0.4) is 0 Å². The molecule has 13 rings (SSSR count). The number of amides is 2. The molecule has 0 aliphatic carbocycles. The zero-order chi connectivity index (χ0) is 55.5. The zero-order valence-corrected chi connectivity index (χ0v) is 44.6. The number of methoxy groups -OCH3 is 2. The number of nitrogens with one attached hydrogen (secondary N) is 6. The Morgan fingerprint density at radius 2 is 1.05 bits per heavy atom. The van der Waals surface area contributed by atoms with E-state index in [1.165, 1.54) is 26.4 Å². The number of anilines is 4. The number of fused-ring (bicyclic) bond motifs is 11. The Morgan fingerprint density at radius 3 is 1.56 bits per heavy atom. The smallest absolute Gasteiger partial charge is 0.255 e. The molecule has 0 fully saturated rings. The Kier molecular flexibility index (Phi) is 16.7. The fourth-order valence-corrected chi connectivity index (χ4v) is 9.97. The number of hydrogen-bond donors (Lipinski definition) is 6. The predicted octanol–water partition coefficient (Wildman–Crippen LogP) is 12.5. The van der Waals surface area contributed by atoms with Crippen LogP contribution in [0.2, 0.25) is 0 Å². The molecule has 2 atom stereocenters. The Hall–Kier alpha value is -9.58. The number of nitrogens with zero attached hydrogens (tertiary/aromatic N) is 2. The van der Waals surface area contributed by atoms with Crippen molar-refractivity contribution in [3.8, 4) is 57.0 Å². The molecule has 9 heterocycles. The number of aromatic nitrogens is 4. The predicted molar refractivity (Wildman–Crippen MR) is 302 cm³/mol. The summed E-state index contributed by atoms with van der Waals surface area (Å²) in [5, 5.41) is 12.6. The SMILES string of the molecule is CC.COc1c(F)cccc1Nc1c2[nH]c3c1C(=O)NCC3C/C=C/COc1ccc(cc1)COc1cnccc1-2.COc1c(F)cccc1Nc1c2[nH]c3c1C(=O)NCC3C/C=C/COc1cccc(c1)COc1cnccc1-2. The third-order valence-corrected chi connectivity index (χ3v) is 13.8. The molecule has 0 radical (unpaired) electrons. The first kappa shape index (κ1) is 53.8. The lowest BCUT2D eigenvalue weighted by Crippen LogP contribution is -2.34. The van der Waals surface area contributed by atoms with Crippen LogP contribution in [0.15, 0.2) is 146 Å². The van der Waals surface area contributed by atoms with E-state index in [9.17, 15) is 18.4 Å². The van der Waals surface area contributed by atoms with Crippen LogP contribution in [0.25, 0.3) is 22.5 Å². The molecule has 4 aromatic heterocycles. The fourth-order valence-electron chi connectivity index (χ4n) is 9.97. The van der Waals surface area contributed by atoms with Crippen LogP contribution in [0.4, 0.5) is 31.5 Å². The van der Waals surface area contributed by atoms with Gasteiger partial charge in [0.15, 0.2) is 23.1 Å². The summed E-state index contributed by atoms with van der Waals surface area (Å²) in [5.41, 5.74) is 8.91. The highest BCUT2D eigenvalue weighted by molar-refractivity contribution is 6.08. The molecule has 5 aliphatic heterocycles. The van der Waals surface area contributed by atoms with Crippen LogP contribution >= 0.6 is 0 Å². The first-order chi connectivity index (χ1) is 39.2. The van der Waals surface area contributed by atoms with Gasteiger partial charge in [-0.1, -0.05) is 74.5 Å². The normalized spacial score (nSPS) is 16.8. The number of rotatable bonds is 6. The van der Waals surface area contributed by atoms with Gasteiger partial charge in [-0.3, -0.25) is 19.6 Å². The first-order valence-electron chi connectivity index (χ1n) is 26.4. The van der Waals surface area contributed by atoms with Crippen LogP contribution in [0.5, 0.6) is 34.5 Å². The van der Waals surface area contributed by atoms with E-state index >= 15 is 0 Å². The Balaban J connectivity index is 0.000000175. The van der Waals surface area contributed by atoms with Crippen molar-refractivity contribution >= 4 is 34.6 Å². The maximum atomic E-state index is 14.6. The minimum Gasteiger partial charge on any atom is -0.492 e. The highest BCUT2D eigenvalue weighted by Crippen LogP contribution is 2.47. The summed E-state index contributed by atoms with van der Waals surface area (Å²) in [5.74, 6) is 1.21. The minimum atomic E-state index is -0.511. The number of aromatic amines is 2. The van der Waals surface area contributed by atoms with Gasteiger partial charge in [-0.25, -0.2) is 8.78 Å². The summed E-state index contributed by atoms with van der Waals surface area (Å²) >= 11 is 0. The molecule has 8 aromatic rings. The van der Waals surface area contributed by atoms with Gasteiger partial charge in [-0.05, 0) is 84.6 Å². The largest absolute Gasteiger partial charge is 0.492 e. The van der Waals surface area contributed by atoms with Crippen molar-refractivity contribution in [2.24, 2.45) is 0 Å². The minimum absolute atomic E-state index is 0.0138. The number of halogens is 2. The molecule has 410 valence electrons. The maximum Gasteiger partial charge on any atom is 0.255 e. The maximum absolute atomic E-state index is 14.6. The van der Waals surface area contributed by atoms with Crippen molar-refractivity contribution in [1.29, 1.82) is 0 Å². The lowest BCUT2D eigenvalue weighted by Gasteiger charge is -2.23. The molecule has 0 spiro atoms.